The fourth-order valence-electron chi connectivity index (χ4n) is 3.35. The van der Waals surface area contributed by atoms with Gasteiger partial charge in [0.15, 0.2) is 6.61 Å². The van der Waals surface area contributed by atoms with E-state index in [1.807, 2.05) is 24.3 Å². The summed E-state index contributed by atoms with van der Waals surface area (Å²) in [7, 11) is 0. The molecule has 1 amide bonds. The average Bonchev–Trinajstić information content (AvgIpc) is 2.55. The van der Waals surface area contributed by atoms with E-state index in [4.69, 9.17) is 16.3 Å². The topological polar surface area (TPSA) is 38.3 Å². The number of ether oxygens (including phenoxy) is 1. The lowest BCUT2D eigenvalue weighted by atomic mass is 9.72. The number of anilines is 1. The van der Waals surface area contributed by atoms with Crippen molar-refractivity contribution in [2.75, 3.05) is 11.9 Å². The Bertz CT molecular complexity index is 795. The van der Waals surface area contributed by atoms with Crippen molar-refractivity contribution in [1.29, 1.82) is 0 Å². The molecule has 0 aliphatic heterocycles. The van der Waals surface area contributed by atoms with E-state index < -0.39 is 5.82 Å². The van der Waals surface area contributed by atoms with E-state index in [1.165, 1.54) is 23.8 Å². The van der Waals surface area contributed by atoms with Crippen LogP contribution >= 0.6 is 11.6 Å². The number of hydrogen-bond donors (Lipinski definition) is 1. The van der Waals surface area contributed by atoms with Crippen LogP contribution < -0.4 is 10.1 Å². The number of benzene rings is 2. The highest BCUT2D eigenvalue weighted by molar-refractivity contribution is 6.31. The van der Waals surface area contributed by atoms with Gasteiger partial charge in [-0.15, -0.1) is 0 Å². The first kappa shape index (κ1) is 21.2. The second kappa shape index (κ2) is 8.30. The standard InChI is InChI=1S/C22H27ClFNO2/c1-21(2,3)14-22(4,5)15-6-9-17(10-7-15)27-13-20(26)25-16-8-11-19(24)18(23)12-16/h6-12H,13-14H2,1-5H3,(H,25,26). The van der Waals surface area contributed by atoms with Crippen molar-refractivity contribution >= 4 is 23.2 Å². The summed E-state index contributed by atoms with van der Waals surface area (Å²) < 4.78 is 18.7. The maximum Gasteiger partial charge on any atom is 0.262 e. The molecular formula is C22H27ClFNO2. The van der Waals surface area contributed by atoms with E-state index in [0.29, 0.717) is 11.4 Å². The first-order chi connectivity index (χ1) is 12.5. The summed E-state index contributed by atoms with van der Waals surface area (Å²) in [5.41, 5.74) is 1.94. The van der Waals surface area contributed by atoms with Crippen LogP contribution in [0.25, 0.3) is 0 Å². The fourth-order valence-corrected chi connectivity index (χ4v) is 3.53. The van der Waals surface area contributed by atoms with Crippen molar-refractivity contribution in [3.05, 3.63) is 58.9 Å². The van der Waals surface area contributed by atoms with Crippen molar-refractivity contribution in [3.8, 4) is 5.75 Å². The predicted octanol–water partition coefficient (Wildman–Crippen LogP) is 6.21. The van der Waals surface area contributed by atoms with Gasteiger partial charge < -0.3 is 10.1 Å². The minimum Gasteiger partial charge on any atom is -0.484 e. The number of carbonyl (C=O) groups is 1. The summed E-state index contributed by atoms with van der Waals surface area (Å²) in [6.07, 6.45) is 1.06. The molecule has 0 atom stereocenters. The van der Waals surface area contributed by atoms with Crippen molar-refractivity contribution in [3.63, 3.8) is 0 Å². The molecule has 146 valence electrons. The number of nitrogens with one attached hydrogen (secondary N) is 1. The number of halogens is 2. The third kappa shape index (κ3) is 6.55. The molecule has 5 heteroatoms. The molecule has 0 aromatic heterocycles. The van der Waals surface area contributed by atoms with Crippen LogP contribution in [-0.4, -0.2) is 12.5 Å². The molecule has 0 saturated carbocycles. The Morgan fingerprint density at radius 3 is 2.26 bits per heavy atom. The van der Waals surface area contributed by atoms with Gasteiger partial charge in [-0.05, 0) is 53.1 Å². The Balaban J connectivity index is 1.92. The van der Waals surface area contributed by atoms with Gasteiger partial charge in [-0.1, -0.05) is 58.4 Å². The van der Waals surface area contributed by atoms with Crippen molar-refractivity contribution in [2.45, 2.75) is 46.5 Å². The molecule has 0 saturated heterocycles. The molecular weight excluding hydrogens is 365 g/mol. The maximum absolute atomic E-state index is 13.1. The molecule has 0 heterocycles. The Morgan fingerprint density at radius 2 is 1.70 bits per heavy atom. The molecule has 0 unspecified atom stereocenters. The molecule has 0 aliphatic carbocycles. The summed E-state index contributed by atoms with van der Waals surface area (Å²) in [4.78, 5) is 12.0. The molecule has 2 aromatic rings. The zero-order chi connectivity index (χ0) is 20.2. The SMILES string of the molecule is CC(C)(C)CC(C)(C)c1ccc(OCC(=O)Nc2ccc(F)c(Cl)c2)cc1. The molecule has 27 heavy (non-hydrogen) atoms. The summed E-state index contributed by atoms with van der Waals surface area (Å²) in [6.45, 7) is 11.0. The third-order valence-corrected chi connectivity index (χ3v) is 4.47. The van der Waals surface area contributed by atoms with E-state index in [2.05, 4.69) is 39.9 Å². The molecule has 0 bridgehead atoms. The van der Waals surface area contributed by atoms with Crippen LogP contribution in [0.5, 0.6) is 5.75 Å². The van der Waals surface area contributed by atoms with Gasteiger partial charge in [-0.25, -0.2) is 4.39 Å². The lowest BCUT2D eigenvalue weighted by molar-refractivity contribution is -0.118. The lowest BCUT2D eigenvalue weighted by Gasteiger charge is -2.33. The molecule has 0 radical (unpaired) electrons. The normalized spacial score (nSPS) is 12.0. The van der Waals surface area contributed by atoms with Gasteiger partial charge in [-0.3, -0.25) is 4.79 Å². The second-order valence-corrected chi connectivity index (χ2v) is 9.02. The predicted molar refractivity (Wildman–Crippen MR) is 109 cm³/mol. The quantitative estimate of drug-likeness (QED) is 0.635. The smallest absolute Gasteiger partial charge is 0.262 e. The summed E-state index contributed by atoms with van der Waals surface area (Å²) in [6, 6.07) is 11.9. The van der Waals surface area contributed by atoms with Crippen LogP contribution in [0.4, 0.5) is 10.1 Å². The lowest BCUT2D eigenvalue weighted by Crippen LogP contribution is -2.24. The van der Waals surface area contributed by atoms with Crippen LogP contribution in [0.3, 0.4) is 0 Å². The molecule has 3 nitrogen and oxygen atoms in total. The zero-order valence-electron chi connectivity index (χ0n) is 16.5. The van der Waals surface area contributed by atoms with Gasteiger partial charge in [0.2, 0.25) is 0 Å². The maximum atomic E-state index is 13.1. The number of rotatable bonds is 6. The first-order valence-corrected chi connectivity index (χ1v) is 9.32. The highest BCUT2D eigenvalue weighted by Crippen LogP contribution is 2.36. The van der Waals surface area contributed by atoms with Gasteiger partial charge >= 0.3 is 0 Å². The Labute approximate surface area is 165 Å². The van der Waals surface area contributed by atoms with Crippen LogP contribution in [0.15, 0.2) is 42.5 Å². The molecule has 2 rings (SSSR count). The summed E-state index contributed by atoms with van der Waals surface area (Å²) in [5, 5.41) is 2.59. The third-order valence-electron chi connectivity index (χ3n) is 4.18. The molecule has 2 aromatic carbocycles. The summed E-state index contributed by atoms with van der Waals surface area (Å²) in [5.74, 6) is -0.243. The Hall–Kier alpha value is -2.07. The van der Waals surface area contributed by atoms with Crippen molar-refractivity contribution in [1.82, 2.24) is 0 Å². The Kier molecular flexibility index (Phi) is 6.53. The highest BCUT2D eigenvalue weighted by Gasteiger charge is 2.27. The Morgan fingerprint density at radius 1 is 1.07 bits per heavy atom. The summed E-state index contributed by atoms with van der Waals surface area (Å²) >= 11 is 5.70. The van der Waals surface area contributed by atoms with E-state index >= 15 is 0 Å². The zero-order valence-corrected chi connectivity index (χ0v) is 17.3. The minimum atomic E-state index is -0.527. The minimum absolute atomic E-state index is 0.0396. The van der Waals surface area contributed by atoms with E-state index in [9.17, 15) is 9.18 Å². The number of hydrogen-bond acceptors (Lipinski definition) is 2. The second-order valence-electron chi connectivity index (χ2n) is 8.61. The van der Waals surface area contributed by atoms with Crippen molar-refractivity contribution < 1.29 is 13.9 Å². The van der Waals surface area contributed by atoms with Crippen LogP contribution in [-0.2, 0) is 10.2 Å². The average molecular weight is 392 g/mol. The molecule has 1 N–H and O–H groups in total. The van der Waals surface area contributed by atoms with Gasteiger partial charge in [0.05, 0.1) is 5.02 Å². The molecule has 0 spiro atoms. The van der Waals surface area contributed by atoms with Crippen LogP contribution in [0.1, 0.15) is 46.6 Å². The fraction of sp³-hybridized carbons (Fsp3) is 0.409. The van der Waals surface area contributed by atoms with Crippen LogP contribution in [0, 0.1) is 11.2 Å². The van der Waals surface area contributed by atoms with Gasteiger partial charge in [0, 0.05) is 5.69 Å². The van der Waals surface area contributed by atoms with E-state index in [0.717, 1.165) is 6.42 Å². The van der Waals surface area contributed by atoms with Crippen molar-refractivity contribution in [2.24, 2.45) is 5.41 Å². The van der Waals surface area contributed by atoms with Gasteiger partial charge in [0.1, 0.15) is 11.6 Å². The molecule has 0 fully saturated rings. The monoisotopic (exact) mass is 391 g/mol. The molecule has 0 aliphatic rings. The van der Waals surface area contributed by atoms with E-state index in [-0.39, 0.29) is 28.4 Å². The van der Waals surface area contributed by atoms with Gasteiger partial charge in [0.25, 0.3) is 5.91 Å². The number of amides is 1. The van der Waals surface area contributed by atoms with Crippen LogP contribution in [0.2, 0.25) is 5.02 Å². The first-order valence-electron chi connectivity index (χ1n) is 8.94. The highest BCUT2D eigenvalue weighted by atomic mass is 35.5. The van der Waals surface area contributed by atoms with Gasteiger partial charge in [-0.2, -0.15) is 0 Å². The largest absolute Gasteiger partial charge is 0.484 e. The number of carbonyl (C=O) groups excluding carboxylic acids is 1. The van der Waals surface area contributed by atoms with E-state index in [1.54, 1.807) is 0 Å².